The van der Waals surface area contributed by atoms with Crippen molar-refractivity contribution in [3.63, 3.8) is 0 Å². The van der Waals surface area contributed by atoms with Crippen molar-refractivity contribution in [3.05, 3.63) is 0 Å². The molecule has 0 bridgehead atoms. The van der Waals surface area contributed by atoms with Gasteiger partial charge in [0.1, 0.15) is 0 Å². The summed E-state index contributed by atoms with van der Waals surface area (Å²) in [6.07, 6.45) is 2.00. The molecular formula is C7H13N3O. The van der Waals surface area contributed by atoms with Crippen LogP contribution in [0.3, 0.4) is 0 Å². The first kappa shape index (κ1) is 8.04. The molecule has 1 fully saturated rings. The van der Waals surface area contributed by atoms with E-state index in [1.54, 1.807) is 7.05 Å². The third-order valence-corrected chi connectivity index (χ3v) is 1.78. The van der Waals surface area contributed by atoms with Crippen molar-refractivity contribution in [3.8, 4) is 0 Å². The van der Waals surface area contributed by atoms with Crippen LogP contribution in [-0.2, 0) is 0 Å². The van der Waals surface area contributed by atoms with Crippen molar-refractivity contribution in [1.29, 1.82) is 0 Å². The van der Waals surface area contributed by atoms with E-state index in [9.17, 15) is 4.79 Å². The number of urea groups is 1. The van der Waals surface area contributed by atoms with Gasteiger partial charge in [0.05, 0.1) is 0 Å². The summed E-state index contributed by atoms with van der Waals surface area (Å²) in [5.41, 5.74) is 6.05. The number of amides is 2. The van der Waals surface area contributed by atoms with Crippen molar-refractivity contribution in [1.82, 2.24) is 5.01 Å². The number of hydrazone groups is 1. The molecule has 1 aliphatic carbocycles. The van der Waals surface area contributed by atoms with Gasteiger partial charge in [-0.05, 0) is 18.8 Å². The lowest BCUT2D eigenvalue weighted by Gasteiger charge is -2.24. The predicted octanol–water partition coefficient (Wildman–Crippen LogP) is 0.783. The second-order valence-electron chi connectivity index (χ2n) is 3.04. The van der Waals surface area contributed by atoms with E-state index in [-0.39, 0.29) is 0 Å². The van der Waals surface area contributed by atoms with Crippen molar-refractivity contribution in [2.45, 2.75) is 19.8 Å². The fraction of sp³-hybridized carbons (Fsp3) is 0.714. The molecule has 0 aromatic rings. The minimum atomic E-state index is -0.503. The normalized spacial score (nSPS) is 22.4. The van der Waals surface area contributed by atoms with E-state index in [0.717, 1.165) is 24.5 Å². The van der Waals surface area contributed by atoms with Gasteiger partial charge in [-0.3, -0.25) is 0 Å². The van der Waals surface area contributed by atoms with Gasteiger partial charge in [0.25, 0.3) is 0 Å². The topological polar surface area (TPSA) is 58.7 Å². The van der Waals surface area contributed by atoms with Crippen LogP contribution < -0.4 is 5.73 Å². The van der Waals surface area contributed by atoms with Crippen LogP contribution in [-0.4, -0.2) is 23.8 Å². The quantitative estimate of drug-likeness (QED) is 0.559. The molecule has 0 aliphatic heterocycles. The fourth-order valence-electron chi connectivity index (χ4n) is 1.09. The molecule has 2 amide bonds. The third kappa shape index (κ3) is 1.93. The van der Waals surface area contributed by atoms with Crippen LogP contribution in [0.25, 0.3) is 0 Å². The van der Waals surface area contributed by atoms with Gasteiger partial charge < -0.3 is 5.73 Å². The lowest BCUT2D eigenvalue weighted by molar-refractivity contribution is 0.219. The average molecular weight is 155 g/mol. The summed E-state index contributed by atoms with van der Waals surface area (Å²) in [5, 5.41) is 5.19. The lowest BCUT2D eigenvalue weighted by atomic mass is 9.85. The highest BCUT2D eigenvalue weighted by Crippen LogP contribution is 2.23. The Bertz CT molecular complexity index is 192. The minimum Gasteiger partial charge on any atom is -0.350 e. The minimum absolute atomic E-state index is 0.503. The van der Waals surface area contributed by atoms with Gasteiger partial charge in [0.15, 0.2) is 0 Å². The Morgan fingerprint density at radius 1 is 1.73 bits per heavy atom. The number of carbonyl (C=O) groups excluding carboxylic acids is 1. The molecule has 0 atom stereocenters. The second-order valence-corrected chi connectivity index (χ2v) is 3.04. The zero-order valence-electron chi connectivity index (χ0n) is 6.87. The number of nitrogens with zero attached hydrogens (tertiary/aromatic N) is 2. The first-order valence-electron chi connectivity index (χ1n) is 3.69. The Kier molecular flexibility index (Phi) is 2.12. The van der Waals surface area contributed by atoms with Crippen molar-refractivity contribution in [2.75, 3.05) is 7.05 Å². The molecule has 0 spiro atoms. The summed E-state index contributed by atoms with van der Waals surface area (Å²) in [6.45, 7) is 2.16. The Labute approximate surface area is 66.0 Å². The van der Waals surface area contributed by atoms with Crippen LogP contribution in [0.4, 0.5) is 4.79 Å². The van der Waals surface area contributed by atoms with Crippen LogP contribution in [0.2, 0.25) is 0 Å². The monoisotopic (exact) mass is 155 g/mol. The van der Waals surface area contributed by atoms with E-state index in [0.29, 0.717) is 0 Å². The van der Waals surface area contributed by atoms with Crippen molar-refractivity contribution in [2.24, 2.45) is 16.8 Å². The zero-order chi connectivity index (χ0) is 8.43. The van der Waals surface area contributed by atoms with E-state index in [1.807, 2.05) is 0 Å². The SMILES string of the molecule is CC1CC(=NN(C)C(N)=O)C1. The number of hydrogen-bond acceptors (Lipinski definition) is 2. The third-order valence-electron chi connectivity index (χ3n) is 1.78. The van der Waals surface area contributed by atoms with Gasteiger partial charge in [0, 0.05) is 12.8 Å². The Morgan fingerprint density at radius 3 is 2.64 bits per heavy atom. The summed E-state index contributed by atoms with van der Waals surface area (Å²) < 4.78 is 0. The van der Waals surface area contributed by atoms with Crippen molar-refractivity contribution >= 4 is 11.7 Å². The zero-order valence-corrected chi connectivity index (χ0v) is 6.87. The molecular weight excluding hydrogens is 142 g/mol. The Hall–Kier alpha value is -1.06. The van der Waals surface area contributed by atoms with Crippen LogP contribution >= 0.6 is 0 Å². The molecule has 0 unspecified atom stereocenters. The van der Waals surface area contributed by atoms with Crippen LogP contribution in [0.15, 0.2) is 5.10 Å². The van der Waals surface area contributed by atoms with Gasteiger partial charge in [-0.25, -0.2) is 9.80 Å². The molecule has 1 aliphatic rings. The van der Waals surface area contributed by atoms with E-state index >= 15 is 0 Å². The molecule has 11 heavy (non-hydrogen) atoms. The van der Waals surface area contributed by atoms with E-state index in [1.165, 1.54) is 5.01 Å². The number of primary amides is 1. The summed E-state index contributed by atoms with van der Waals surface area (Å²) in [4.78, 5) is 10.5. The maximum absolute atomic E-state index is 10.5. The van der Waals surface area contributed by atoms with E-state index in [2.05, 4.69) is 12.0 Å². The Balaban J connectivity index is 2.41. The lowest BCUT2D eigenvalue weighted by Crippen LogP contribution is -2.31. The highest BCUT2D eigenvalue weighted by molar-refractivity contribution is 5.90. The molecule has 1 rings (SSSR count). The highest BCUT2D eigenvalue weighted by Gasteiger charge is 2.20. The standard InChI is InChI=1S/C7H13N3O/c1-5-3-6(4-5)9-10(2)7(8)11/h5H,3-4H2,1-2H3,(H2,8,11). The van der Waals surface area contributed by atoms with Crippen LogP contribution in [0.5, 0.6) is 0 Å². The first-order chi connectivity index (χ1) is 5.09. The largest absolute Gasteiger partial charge is 0.350 e. The molecule has 0 aromatic carbocycles. The van der Waals surface area contributed by atoms with Gasteiger partial charge in [-0.1, -0.05) is 6.92 Å². The predicted molar refractivity (Wildman–Crippen MR) is 43.2 cm³/mol. The van der Waals surface area contributed by atoms with Crippen LogP contribution in [0, 0.1) is 5.92 Å². The van der Waals surface area contributed by atoms with Gasteiger partial charge in [-0.15, -0.1) is 0 Å². The molecule has 4 heteroatoms. The van der Waals surface area contributed by atoms with Gasteiger partial charge in [0.2, 0.25) is 0 Å². The molecule has 2 N–H and O–H groups in total. The number of rotatable bonds is 1. The maximum atomic E-state index is 10.5. The highest BCUT2D eigenvalue weighted by atomic mass is 16.2. The number of hydrogen-bond donors (Lipinski definition) is 1. The van der Waals surface area contributed by atoms with Crippen molar-refractivity contribution < 1.29 is 4.79 Å². The maximum Gasteiger partial charge on any atom is 0.334 e. The molecule has 0 radical (unpaired) electrons. The molecule has 4 nitrogen and oxygen atoms in total. The second kappa shape index (κ2) is 2.90. The summed E-state index contributed by atoms with van der Waals surface area (Å²) in [7, 11) is 1.57. The molecule has 0 saturated heterocycles. The molecule has 1 saturated carbocycles. The fourth-order valence-corrected chi connectivity index (χ4v) is 1.09. The number of carbonyl (C=O) groups is 1. The smallest absolute Gasteiger partial charge is 0.334 e. The summed E-state index contributed by atoms with van der Waals surface area (Å²) >= 11 is 0. The molecule has 0 aromatic heterocycles. The summed E-state index contributed by atoms with van der Waals surface area (Å²) in [5.74, 6) is 0.718. The van der Waals surface area contributed by atoms with Gasteiger partial charge >= 0.3 is 6.03 Å². The van der Waals surface area contributed by atoms with Gasteiger partial charge in [-0.2, -0.15) is 5.10 Å². The van der Waals surface area contributed by atoms with Crippen LogP contribution in [0.1, 0.15) is 19.8 Å². The average Bonchev–Trinajstić information content (AvgIpc) is 1.84. The Morgan fingerprint density at radius 2 is 2.27 bits per heavy atom. The van der Waals surface area contributed by atoms with E-state index < -0.39 is 6.03 Å². The first-order valence-corrected chi connectivity index (χ1v) is 3.69. The molecule has 0 heterocycles. The van der Waals surface area contributed by atoms with E-state index in [4.69, 9.17) is 5.73 Å². The molecule has 62 valence electrons. The number of nitrogens with two attached hydrogens (primary N) is 1. The summed E-state index contributed by atoms with van der Waals surface area (Å²) in [6, 6.07) is -0.503.